The van der Waals surface area contributed by atoms with Gasteiger partial charge in [-0.3, -0.25) is 14.4 Å². The van der Waals surface area contributed by atoms with Crippen molar-refractivity contribution in [2.75, 3.05) is 6.54 Å². The molecule has 0 unspecified atom stereocenters. The lowest BCUT2D eigenvalue weighted by molar-refractivity contribution is -0.126. The second-order valence-corrected chi connectivity index (χ2v) is 6.72. The first-order valence-corrected chi connectivity index (χ1v) is 9.53. The van der Waals surface area contributed by atoms with Crippen LogP contribution in [0.1, 0.15) is 91.4 Å². The Hall–Kier alpha value is -1.39. The minimum atomic E-state index is -0.140. The molecular weight excluding hydrogens is 304 g/mol. The summed E-state index contributed by atoms with van der Waals surface area (Å²) in [6.07, 6.45) is 10.7. The molecule has 5 heteroatoms. The summed E-state index contributed by atoms with van der Waals surface area (Å²) in [5, 5.41) is 5.39. The van der Waals surface area contributed by atoms with E-state index in [-0.39, 0.29) is 24.4 Å². The minimum Gasteiger partial charge on any atom is -0.352 e. The molecule has 0 aromatic heterocycles. The summed E-state index contributed by atoms with van der Waals surface area (Å²) < 4.78 is 0. The third-order valence-corrected chi connectivity index (χ3v) is 3.90. The van der Waals surface area contributed by atoms with E-state index in [1.807, 2.05) is 20.8 Å². The summed E-state index contributed by atoms with van der Waals surface area (Å²) in [6.45, 7) is 5.77. The molecule has 2 N–H and O–H groups in total. The summed E-state index contributed by atoms with van der Waals surface area (Å²) in [5.41, 5.74) is 0. The smallest absolute Gasteiger partial charge is 0.239 e. The van der Waals surface area contributed by atoms with Crippen molar-refractivity contribution in [3.8, 4) is 0 Å². The van der Waals surface area contributed by atoms with Crippen LogP contribution in [0.2, 0.25) is 0 Å². The van der Waals surface area contributed by atoms with Crippen LogP contribution in [0.25, 0.3) is 0 Å². The van der Waals surface area contributed by atoms with Crippen molar-refractivity contribution >= 4 is 17.6 Å². The Morgan fingerprint density at radius 1 is 0.750 bits per heavy atom. The lowest BCUT2D eigenvalue weighted by Crippen LogP contribution is -2.39. The summed E-state index contributed by atoms with van der Waals surface area (Å²) in [5.74, 6) is 0.184. The van der Waals surface area contributed by atoms with E-state index < -0.39 is 0 Å². The molecule has 0 aliphatic heterocycles. The Labute approximate surface area is 147 Å². The molecule has 0 heterocycles. The van der Waals surface area contributed by atoms with Crippen molar-refractivity contribution in [2.24, 2.45) is 0 Å². The number of Topliss-reactive ketones (excluding diaryl/α,β-unsaturated/α-hetero) is 1. The molecular formula is C19H36N2O3. The van der Waals surface area contributed by atoms with Gasteiger partial charge in [0.1, 0.15) is 5.78 Å². The van der Waals surface area contributed by atoms with E-state index in [1.54, 1.807) is 0 Å². The second-order valence-electron chi connectivity index (χ2n) is 6.72. The predicted molar refractivity (Wildman–Crippen MR) is 97.8 cm³/mol. The Bertz CT molecular complexity index is 368. The van der Waals surface area contributed by atoms with Crippen molar-refractivity contribution in [1.82, 2.24) is 10.6 Å². The van der Waals surface area contributed by atoms with Gasteiger partial charge in [-0.1, -0.05) is 45.4 Å². The topological polar surface area (TPSA) is 75.3 Å². The van der Waals surface area contributed by atoms with Gasteiger partial charge in [0.05, 0.1) is 6.54 Å². The van der Waals surface area contributed by atoms with Crippen molar-refractivity contribution in [2.45, 2.75) is 97.4 Å². The van der Waals surface area contributed by atoms with E-state index in [0.29, 0.717) is 18.6 Å². The number of rotatable bonds is 15. The third kappa shape index (κ3) is 15.5. The monoisotopic (exact) mass is 340 g/mol. The second kappa shape index (κ2) is 15.2. The average Bonchev–Trinajstić information content (AvgIpc) is 2.53. The highest BCUT2D eigenvalue weighted by molar-refractivity contribution is 5.84. The van der Waals surface area contributed by atoms with Gasteiger partial charge in [0.15, 0.2) is 0 Å². The minimum absolute atomic E-state index is 0.0468. The number of amides is 2. The van der Waals surface area contributed by atoms with Crippen LogP contribution in [0.5, 0.6) is 0 Å². The highest BCUT2D eigenvalue weighted by Gasteiger charge is 2.06. The summed E-state index contributed by atoms with van der Waals surface area (Å²) in [6, 6.07) is 0.0986. The molecule has 0 atom stereocenters. The van der Waals surface area contributed by atoms with Gasteiger partial charge in [-0.25, -0.2) is 0 Å². The first-order valence-electron chi connectivity index (χ1n) is 9.53. The molecule has 0 saturated heterocycles. The number of nitrogens with one attached hydrogen (secondary N) is 2. The highest BCUT2D eigenvalue weighted by atomic mass is 16.2. The van der Waals surface area contributed by atoms with Gasteiger partial charge < -0.3 is 10.6 Å². The van der Waals surface area contributed by atoms with E-state index in [1.165, 1.54) is 19.3 Å². The third-order valence-electron chi connectivity index (χ3n) is 3.90. The lowest BCUT2D eigenvalue weighted by Gasteiger charge is -2.09. The first kappa shape index (κ1) is 22.6. The molecule has 0 aromatic rings. The van der Waals surface area contributed by atoms with Crippen molar-refractivity contribution in [3.63, 3.8) is 0 Å². The molecule has 0 rings (SSSR count). The van der Waals surface area contributed by atoms with Crippen LogP contribution in [0.4, 0.5) is 0 Å². The zero-order valence-electron chi connectivity index (χ0n) is 15.8. The molecule has 0 aromatic carbocycles. The normalized spacial score (nSPS) is 10.7. The molecule has 2 amide bonds. The number of hydrogen-bond donors (Lipinski definition) is 2. The van der Waals surface area contributed by atoms with Crippen LogP contribution in [0.3, 0.4) is 0 Å². The van der Waals surface area contributed by atoms with E-state index in [9.17, 15) is 14.4 Å². The zero-order valence-corrected chi connectivity index (χ0v) is 15.8. The Morgan fingerprint density at radius 3 is 1.75 bits per heavy atom. The lowest BCUT2D eigenvalue weighted by atomic mass is 10.0. The van der Waals surface area contributed by atoms with Gasteiger partial charge in [-0.05, 0) is 26.7 Å². The highest BCUT2D eigenvalue weighted by Crippen LogP contribution is 2.11. The Balaban J connectivity index is 3.33. The van der Waals surface area contributed by atoms with E-state index >= 15 is 0 Å². The molecule has 0 aliphatic rings. The van der Waals surface area contributed by atoms with Gasteiger partial charge >= 0.3 is 0 Å². The summed E-state index contributed by atoms with van der Waals surface area (Å²) in [7, 11) is 0. The van der Waals surface area contributed by atoms with Crippen LogP contribution in [0.15, 0.2) is 0 Å². The quantitative estimate of drug-likeness (QED) is 0.448. The number of carbonyl (C=O) groups is 3. The van der Waals surface area contributed by atoms with E-state index in [4.69, 9.17) is 0 Å². The molecule has 24 heavy (non-hydrogen) atoms. The maximum absolute atomic E-state index is 11.6. The summed E-state index contributed by atoms with van der Waals surface area (Å²) >= 11 is 0. The zero-order chi connectivity index (χ0) is 18.2. The van der Waals surface area contributed by atoms with E-state index in [2.05, 4.69) is 10.6 Å². The molecule has 0 bridgehead atoms. The van der Waals surface area contributed by atoms with Crippen LogP contribution < -0.4 is 10.6 Å². The average molecular weight is 341 g/mol. The number of unbranched alkanes of at least 4 members (excludes halogenated alkanes) is 7. The Morgan fingerprint density at radius 2 is 1.25 bits per heavy atom. The van der Waals surface area contributed by atoms with Crippen molar-refractivity contribution in [1.29, 1.82) is 0 Å². The van der Waals surface area contributed by atoms with Gasteiger partial charge in [0.2, 0.25) is 11.8 Å². The predicted octanol–water partition coefficient (Wildman–Crippen LogP) is 3.51. The fourth-order valence-corrected chi connectivity index (χ4v) is 2.49. The van der Waals surface area contributed by atoms with Gasteiger partial charge in [0, 0.05) is 25.3 Å². The first-order chi connectivity index (χ1) is 11.5. The van der Waals surface area contributed by atoms with Gasteiger partial charge in [0.25, 0.3) is 0 Å². The van der Waals surface area contributed by atoms with Crippen LogP contribution in [0, 0.1) is 0 Å². The number of carbonyl (C=O) groups excluding carboxylic acids is 3. The van der Waals surface area contributed by atoms with Crippen LogP contribution >= 0.6 is 0 Å². The number of hydrogen-bond acceptors (Lipinski definition) is 3. The molecule has 5 nitrogen and oxygen atoms in total. The largest absolute Gasteiger partial charge is 0.352 e. The standard InChI is InChI=1S/C19H36N2O3/c1-4-17(22)13-11-9-7-5-6-8-10-12-14-18(23)20-15-19(24)21-16(2)3/h16H,4-15H2,1-3H3,(H,20,23)(H,21,24). The summed E-state index contributed by atoms with van der Waals surface area (Å²) in [4.78, 5) is 34.1. The number of ketones is 1. The van der Waals surface area contributed by atoms with Crippen LogP contribution in [-0.2, 0) is 14.4 Å². The molecule has 0 aliphatic carbocycles. The molecule has 0 radical (unpaired) electrons. The van der Waals surface area contributed by atoms with Crippen molar-refractivity contribution < 1.29 is 14.4 Å². The Kier molecular flexibility index (Phi) is 14.3. The molecule has 140 valence electrons. The SMILES string of the molecule is CCC(=O)CCCCCCCCCCC(=O)NCC(=O)NC(C)C. The maximum atomic E-state index is 11.6. The van der Waals surface area contributed by atoms with Gasteiger partial charge in [-0.15, -0.1) is 0 Å². The van der Waals surface area contributed by atoms with Crippen molar-refractivity contribution in [3.05, 3.63) is 0 Å². The van der Waals surface area contributed by atoms with Crippen LogP contribution in [-0.4, -0.2) is 30.2 Å². The molecule has 0 fully saturated rings. The molecule has 0 spiro atoms. The fourth-order valence-electron chi connectivity index (χ4n) is 2.49. The van der Waals surface area contributed by atoms with Gasteiger partial charge in [-0.2, -0.15) is 0 Å². The fraction of sp³-hybridized carbons (Fsp3) is 0.842. The van der Waals surface area contributed by atoms with E-state index in [0.717, 1.165) is 38.5 Å². The maximum Gasteiger partial charge on any atom is 0.239 e. The molecule has 0 saturated carbocycles.